The van der Waals surface area contributed by atoms with Crippen molar-refractivity contribution in [1.29, 1.82) is 0 Å². The Kier molecular flexibility index (Phi) is 3.14. The first-order valence-electron chi connectivity index (χ1n) is 7.37. The lowest BCUT2D eigenvalue weighted by molar-refractivity contribution is 0.253. The molecule has 0 aliphatic heterocycles. The number of fused-ring (bicyclic) bond motifs is 1. The summed E-state index contributed by atoms with van der Waals surface area (Å²) < 4.78 is 5.92. The van der Waals surface area contributed by atoms with Crippen LogP contribution in [-0.4, -0.2) is 11.2 Å². The second-order valence-electron chi connectivity index (χ2n) is 5.72. The Morgan fingerprint density at radius 3 is 2.63 bits per heavy atom. The van der Waals surface area contributed by atoms with Crippen molar-refractivity contribution in [3.8, 4) is 0 Å². The average molecular weight is 258 g/mol. The Morgan fingerprint density at radius 2 is 2.05 bits per heavy atom. The molecule has 102 valence electrons. The summed E-state index contributed by atoms with van der Waals surface area (Å²) in [6, 6.07) is 6.52. The molecular weight excluding hydrogens is 236 g/mol. The number of benzene rings is 1. The smallest absolute Gasteiger partial charge is 0.134 e. The number of furan rings is 1. The van der Waals surface area contributed by atoms with E-state index < -0.39 is 0 Å². The van der Waals surface area contributed by atoms with Gasteiger partial charge >= 0.3 is 0 Å². The molecule has 3 unspecified atom stereocenters. The first-order valence-corrected chi connectivity index (χ1v) is 7.37. The van der Waals surface area contributed by atoms with Gasteiger partial charge in [0.1, 0.15) is 11.3 Å². The molecule has 1 aliphatic carbocycles. The first-order chi connectivity index (χ1) is 9.15. The molecule has 1 aliphatic rings. The van der Waals surface area contributed by atoms with Crippen LogP contribution in [0, 0.1) is 5.92 Å². The van der Waals surface area contributed by atoms with Crippen LogP contribution in [0.15, 0.2) is 22.6 Å². The van der Waals surface area contributed by atoms with Gasteiger partial charge in [0.2, 0.25) is 0 Å². The fourth-order valence-electron chi connectivity index (χ4n) is 3.16. The number of aryl methyl sites for hydroxylation is 2. The number of hydrogen-bond donors (Lipinski definition) is 1. The van der Waals surface area contributed by atoms with Crippen LogP contribution in [0.4, 0.5) is 0 Å². The molecule has 0 amide bonds. The van der Waals surface area contributed by atoms with E-state index in [1.165, 1.54) is 16.5 Å². The fourth-order valence-corrected chi connectivity index (χ4v) is 3.16. The van der Waals surface area contributed by atoms with Crippen LogP contribution in [0.5, 0.6) is 0 Å². The SMILES string of the molecule is CCc1oc2ccc(C(C)C3CC3O)cc2c1CC. The van der Waals surface area contributed by atoms with E-state index in [2.05, 4.69) is 39.0 Å². The zero-order chi connectivity index (χ0) is 13.6. The van der Waals surface area contributed by atoms with Crippen molar-refractivity contribution in [2.45, 2.75) is 52.1 Å². The lowest BCUT2D eigenvalue weighted by atomic mass is 9.94. The molecule has 0 bridgehead atoms. The third-order valence-electron chi connectivity index (χ3n) is 4.55. The van der Waals surface area contributed by atoms with Gasteiger partial charge in [0.15, 0.2) is 0 Å². The van der Waals surface area contributed by atoms with Gasteiger partial charge in [-0.1, -0.05) is 26.8 Å². The van der Waals surface area contributed by atoms with Gasteiger partial charge in [-0.3, -0.25) is 0 Å². The molecule has 1 fully saturated rings. The average Bonchev–Trinajstić information content (AvgIpc) is 3.04. The van der Waals surface area contributed by atoms with Crippen LogP contribution in [0.25, 0.3) is 11.0 Å². The van der Waals surface area contributed by atoms with E-state index in [0.29, 0.717) is 11.8 Å². The maximum Gasteiger partial charge on any atom is 0.134 e. The number of rotatable bonds is 4. The Balaban J connectivity index is 2.04. The monoisotopic (exact) mass is 258 g/mol. The largest absolute Gasteiger partial charge is 0.461 e. The topological polar surface area (TPSA) is 33.4 Å². The molecule has 0 saturated heterocycles. The van der Waals surface area contributed by atoms with E-state index in [4.69, 9.17) is 4.42 Å². The van der Waals surface area contributed by atoms with Gasteiger partial charge in [0.05, 0.1) is 6.10 Å². The zero-order valence-corrected chi connectivity index (χ0v) is 11.9. The molecule has 0 radical (unpaired) electrons. The molecule has 2 heteroatoms. The molecule has 1 aromatic carbocycles. The molecule has 0 spiro atoms. The normalized spacial score (nSPS) is 23.8. The van der Waals surface area contributed by atoms with Gasteiger partial charge in [-0.2, -0.15) is 0 Å². The molecule has 19 heavy (non-hydrogen) atoms. The van der Waals surface area contributed by atoms with Crippen molar-refractivity contribution in [2.24, 2.45) is 5.92 Å². The quantitative estimate of drug-likeness (QED) is 0.897. The van der Waals surface area contributed by atoms with Crippen LogP contribution >= 0.6 is 0 Å². The molecule has 1 N–H and O–H groups in total. The summed E-state index contributed by atoms with van der Waals surface area (Å²) in [4.78, 5) is 0. The van der Waals surface area contributed by atoms with Crippen LogP contribution in [-0.2, 0) is 12.8 Å². The molecule has 3 rings (SSSR count). The molecule has 1 heterocycles. The Labute approximate surface area is 114 Å². The second-order valence-corrected chi connectivity index (χ2v) is 5.72. The third kappa shape index (κ3) is 2.08. The summed E-state index contributed by atoms with van der Waals surface area (Å²) in [6.45, 7) is 6.54. The van der Waals surface area contributed by atoms with Crippen molar-refractivity contribution in [3.05, 3.63) is 35.1 Å². The predicted octanol–water partition coefficient (Wildman–Crippen LogP) is 4.04. The molecule has 1 aromatic heterocycles. The minimum atomic E-state index is -0.0908. The minimum Gasteiger partial charge on any atom is -0.461 e. The van der Waals surface area contributed by atoms with Crippen molar-refractivity contribution in [1.82, 2.24) is 0 Å². The van der Waals surface area contributed by atoms with Gasteiger partial charge in [0.25, 0.3) is 0 Å². The van der Waals surface area contributed by atoms with Gasteiger partial charge in [0, 0.05) is 17.4 Å². The molecule has 2 aromatic rings. The maximum atomic E-state index is 9.60. The highest BCUT2D eigenvalue weighted by molar-refractivity contribution is 5.83. The van der Waals surface area contributed by atoms with Crippen molar-refractivity contribution >= 4 is 11.0 Å². The number of aliphatic hydroxyl groups excluding tert-OH is 1. The summed E-state index contributed by atoms with van der Waals surface area (Å²) in [6.07, 6.45) is 2.82. The zero-order valence-electron chi connectivity index (χ0n) is 11.9. The second kappa shape index (κ2) is 4.68. The standard InChI is InChI=1S/C17H22O2/c1-4-12-14-8-11(10(3)13-9-15(13)18)6-7-17(14)19-16(12)5-2/h6-8,10,13,15,18H,4-5,9H2,1-3H3. The van der Waals surface area contributed by atoms with E-state index >= 15 is 0 Å². The van der Waals surface area contributed by atoms with Crippen LogP contribution in [0.2, 0.25) is 0 Å². The molecular formula is C17H22O2. The van der Waals surface area contributed by atoms with Crippen LogP contribution in [0.3, 0.4) is 0 Å². The lowest BCUT2D eigenvalue weighted by Gasteiger charge is -2.10. The van der Waals surface area contributed by atoms with E-state index in [0.717, 1.165) is 30.6 Å². The summed E-state index contributed by atoms with van der Waals surface area (Å²) in [5.74, 6) is 2.00. The van der Waals surface area contributed by atoms with Crippen molar-refractivity contribution in [2.75, 3.05) is 0 Å². The van der Waals surface area contributed by atoms with E-state index in [1.54, 1.807) is 0 Å². The van der Waals surface area contributed by atoms with E-state index in [1.807, 2.05) is 0 Å². The van der Waals surface area contributed by atoms with Crippen LogP contribution in [0.1, 0.15) is 50.0 Å². The predicted molar refractivity (Wildman–Crippen MR) is 77.5 cm³/mol. The highest BCUT2D eigenvalue weighted by atomic mass is 16.3. The van der Waals surface area contributed by atoms with Gasteiger partial charge in [-0.05, 0) is 42.4 Å². The van der Waals surface area contributed by atoms with Gasteiger partial charge < -0.3 is 9.52 Å². The summed E-state index contributed by atoms with van der Waals surface area (Å²) in [7, 11) is 0. The van der Waals surface area contributed by atoms with E-state index in [9.17, 15) is 5.11 Å². The summed E-state index contributed by atoms with van der Waals surface area (Å²) >= 11 is 0. The first kappa shape index (κ1) is 12.7. The van der Waals surface area contributed by atoms with Crippen molar-refractivity contribution < 1.29 is 9.52 Å². The molecule has 3 atom stereocenters. The van der Waals surface area contributed by atoms with Gasteiger partial charge in [-0.25, -0.2) is 0 Å². The Hall–Kier alpha value is -1.28. The maximum absolute atomic E-state index is 9.60. The lowest BCUT2D eigenvalue weighted by Crippen LogP contribution is -1.99. The summed E-state index contributed by atoms with van der Waals surface area (Å²) in [5, 5.41) is 10.9. The minimum absolute atomic E-state index is 0.0908. The van der Waals surface area contributed by atoms with Crippen LogP contribution < -0.4 is 0 Å². The molecule has 2 nitrogen and oxygen atoms in total. The fraction of sp³-hybridized carbons (Fsp3) is 0.529. The highest BCUT2D eigenvalue weighted by Crippen LogP contribution is 2.43. The number of hydrogen-bond acceptors (Lipinski definition) is 2. The number of aliphatic hydroxyl groups is 1. The van der Waals surface area contributed by atoms with Gasteiger partial charge in [-0.15, -0.1) is 0 Å². The Bertz CT molecular complexity index is 597. The van der Waals surface area contributed by atoms with E-state index in [-0.39, 0.29) is 6.10 Å². The Morgan fingerprint density at radius 1 is 1.32 bits per heavy atom. The highest BCUT2D eigenvalue weighted by Gasteiger charge is 2.40. The molecule has 1 saturated carbocycles. The summed E-state index contributed by atoms with van der Waals surface area (Å²) in [5.41, 5.74) is 3.68. The van der Waals surface area contributed by atoms with Crippen molar-refractivity contribution in [3.63, 3.8) is 0 Å². The third-order valence-corrected chi connectivity index (χ3v) is 4.55.